The van der Waals surface area contributed by atoms with E-state index < -0.39 is 21.4 Å². The zero-order valence-electron chi connectivity index (χ0n) is 13.1. The van der Waals surface area contributed by atoms with Crippen LogP contribution in [-0.2, 0) is 47.6 Å². The Hall–Kier alpha value is -1.23. The Bertz CT molecular complexity index is 1050. The molecular formula is C15H10F3NO4S2Y-2. The van der Waals surface area contributed by atoms with Gasteiger partial charge in [-0.05, 0) is 17.5 Å². The number of rotatable bonds is 4. The van der Waals surface area contributed by atoms with Crippen molar-refractivity contribution in [3.63, 3.8) is 0 Å². The van der Waals surface area contributed by atoms with Gasteiger partial charge in [-0.1, -0.05) is 23.6 Å². The standard InChI is InChI=1S/C14H7F3NO4S2.CH3.Y/c15-14(16,17)24(20,21)22-10-6-5-9(18-7-19)12-8-3-1-2-4-11(8)23-13(10)12;;/h1-6H,(H,18,19);1H3;/q2*-1;. The van der Waals surface area contributed by atoms with E-state index in [9.17, 15) is 26.4 Å². The molecule has 1 aromatic heterocycles. The van der Waals surface area contributed by atoms with Crippen LogP contribution in [0.1, 0.15) is 0 Å². The zero-order valence-corrected chi connectivity index (χ0v) is 17.6. The van der Waals surface area contributed by atoms with Crippen LogP contribution in [0.15, 0.2) is 36.4 Å². The minimum absolute atomic E-state index is 0. The first kappa shape index (κ1) is 22.8. The third-order valence-electron chi connectivity index (χ3n) is 3.16. The monoisotopic (exact) mass is 478 g/mol. The average molecular weight is 478 g/mol. The van der Waals surface area contributed by atoms with Crippen molar-refractivity contribution in [2.45, 2.75) is 5.51 Å². The van der Waals surface area contributed by atoms with E-state index in [1.54, 1.807) is 24.3 Å². The Balaban J connectivity index is 0.00000169. The number of amides is 1. The van der Waals surface area contributed by atoms with E-state index in [0.29, 0.717) is 15.5 Å². The predicted molar refractivity (Wildman–Crippen MR) is 90.7 cm³/mol. The third kappa shape index (κ3) is 4.03. The van der Waals surface area contributed by atoms with E-state index >= 15 is 0 Å². The minimum atomic E-state index is -5.80. The maximum absolute atomic E-state index is 12.6. The van der Waals surface area contributed by atoms with Gasteiger partial charge in [0.2, 0.25) is 0 Å². The molecule has 0 unspecified atom stereocenters. The summed E-state index contributed by atoms with van der Waals surface area (Å²) in [7, 11) is -5.80. The number of thiophene rings is 1. The second-order valence-corrected chi connectivity index (χ2v) is 7.21. The summed E-state index contributed by atoms with van der Waals surface area (Å²) in [5.41, 5.74) is -5.25. The predicted octanol–water partition coefficient (Wildman–Crippen LogP) is 4.21. The molecule has 11 heteroatoms. The molecule has 0 atom stereocenters. The number of halogens is 3. The second kappa shape index (κ2) is 8.20. The number of hydrogen-bond donors (Lipinski definition) is 1. The molecule has 5 nitrogen and oxygen atoms in total. The maximum Gasteiger partial charge on any atom is 0.534 e. The molecular weight excluding hydrogens is 468 g/mol. The molecule has 3 rings (SSSR count). The summed E-state index contributed by atoms with van der Waals surface area (Å²) in [6.07, 6.45) is 1.49. The van der Waals surface area contributed by atoms with Crippen LogP contribution in [0.5, 0.6) is 5.75 Å². The van der Waals surface area contributed by atoms with Crippen LogP contribution in [0.3, 0.4) is 0 Å². The summed E-state index contributed by atoms with van der Waals surface area (Å²) in [6.45, 7) is 0. The molecule has 0 spiro atoms. The van der Waals surface area contributed by atoms with Gasteiger partial charge in [-0.15, -0.1) is 23.1 Å². The topological polar surface area (TPSA) is 72.5 Å². The normalized spacial score (nSPS) is 11.5. The van der Waals surface area contributed by atoms with Crippen LogP contribution in [-0.4, -0.2) is 20.3 Å². The van der Waals surface area contributed by atoms with Gasteiger partial charge in [-0.2, -0.15) is 21.6 Å². The number of fused-ring (bicyclic) bond motifs is 3. The summed E-state index contributed by atoms with van der Waals surface area (Å²) in [4.78, 5) is 10.6. The van der Waals surface area contributed by atoms with Crippen LogP contribution in [0.4, 0.5) is 18.9 Å². The fourth-order valence-electron chi connectivity index (χ4n) is 2.19. The second-order valence-electron chi connectivity index (χ2n) is 4.62. The quantitative estimate of drug-likeness (QED) is 0.264. The molecule has 26 heavy (non-hydrogen) atoms. The van der Waals surface area contributed by atoms with Gasteiger partial charge in [-0.3, -0.25) is 0 Å². The van der Waals surface area contributed by atoms with Crippen molar-refractivity contribution in [3.8, 4) is 5.75 Å². The average Bonchev–Trinajstić information content (AvgIpc) is 2.89. The molecule has 137 valence electrons. The van der Waals surface area contributed by atoms with Gasteiger partial charge in [0, 0.05) is 37.4 Å². The SMILES string of the molecule is O=[C-]Nc1ccc(OS(=O)(=O)C(F)(F)F)c2sc3ccccc3c12.[CH3-].[Y]. The first-order chi connectivity index (χ1) is 11.2. The van der Waals surface area contributed by atoms with Crippen LogP contribution in [0, 0.1) is 7.43 Å². The molecule has 3 aromatic rings. The van der Waals surface area contributed by atoms with Crippen molar-refractivity contribution >= 4 is 53.7 Å². The smallest absolute Gasteiger partial charge is 0.490 e. The summed E-state index contributed by atoms with van der Waals surface area (Å²) >= 11 is 1.05. The molecule has 2 aromatic carbocycles. The number of benzene rings is 2. The number of alkyl halides is 3. The molecule has 0 aliphatic rings. The van der Waals surface area contributed by atoms with Gasteiger partial charge < -0.3 is 21.7 Å². The zero-order chi connectivity index (χ0) is 17.5. The van der Waals surface area contributed by atoms with Gasteiger partial charge in [0.1, 0.15) is 0 Å². The Kier molecular flexibility index (Phi) is 7.20. The molecule has 1 radical (unpaired) electrons. The van der Waals surface area contributed by atoms with Crippen LogP contribution >= 0.6 is 11.3 Å². The van der Waals surface area contributed by atoms with E-state index in [2.05, 4.69) is 9.50 Å². The van der Waals surface area contributed by atoms with E-state index in [-0.39, 0.29) is 50.5 Å². The van der Waals surface area contributed by atoms with Gasteiger partial charge >= 0.3 is 15.6 Å². The first-order valence-electron chi connectivity index (χ1n) is 6.33. The largest absolute Gasteiger partial charge is 0.534 e. The van der Waals surface area contributed by atoms with Crippen LogP contribution < -0.4 is 9.50 Å². The Morgan fingerprint density at radius 2 is 1.77 bits per heavy atom. The minimum Gasteiger partial charge on any atom is -0.490 e. The van der Waals surface area contributed by atoms with E-state index in [1.807, 2.05) is 0 Å². The third-order valence-corrected chi connectivity index (χ3v) is 5.31. The number of nitrogens with one attached hydrogen (secondary N) is 1. The molecule has 0 saturated heterocycles. The molecule has 0 saturated carbocycles. The number of anilines is 1. The Morgan fingerprint density at radius 3 is 2.38 bits per heavy atom. The fraction of sp³-hybridized carbons (Fsp3) is 0.0667. The maximum atomic E-state index is 12.6. The van der Waals surface area contributed by atoms with E-state index in [4.69, 9.17) is 0 Å². The Labute approximate surface area is 176 Å². The van der Waals surface area contributed by atoms with Gasteiger partial charge in [0.25, 0.3) is 0 Å². The van der Waals surface area contributed by atoms with Crippen molar-refractivity contribution in [3.05, 3.63) is 43.8 Å². The van der Waals surface area contributed by atoms with E-state index in [1.165, 1.54) is 12.5 Å². The number of carbonyl (C=O) groups excluding carboxylic acids is 1. The number of hydrogen-bond acceptors (Lipinski definition) is 5. The fourth-order valence-corrected chi connectivity index (χ4v) is 3.90. The van der Waals surface area contributed by atoms with Gasteiger partial charge in [-0.25, -0.2) is 0 Å². The van der Waals surface area contributed by atoms with Crippen LogP contribution in [0.25, 0.3) is 20.2 Å². The molecule has 0 aliphatic heterocycles. The molecule has 1 N–H and O–H groups in total. The van der Waals surface area contributed by atoms with Gasteiger partial charge in [0.15, 0.2) is 5.75 Å². The Morgan fingerprint density at radius 1 is 1.12 bits per heavy atom. The molecule has 0 aliphatic carbocycles. The first-order valence-corrected chi connectivity index (χ1v) is 8.55. The van der Waals surface area contributed by atoms with Crippen molar-refractivity contribution in [1.29, 1.82) is 0 Å². The molecule has 1 amide bonds. The summed E-state index contributed by atoms with van der Waals surface area (Å²) in [6, 6.07) is 9.17. The summed E-state index contributed by atoms with van der Waals surface area (Å²) < 4.78 is 65.3. The molecule has 0 bridgehead atoms. The van der Waals surface area contributed by atoms with E-state index in [0.717, 1.165) is 17.4 Å². The van der Waals surface area contributed by atoms with Crippen molar-refractivity contribution in [1.82, 2.24) is 0 Å². The molecule has 1 heterocycles. The van der Waals surface area contributed by atoms with Crippen LogP contribution in [0.2, 0.25) is 0 Å². The summed E-state index contributed by atoms with van der Waals surface area (Å²) in [5.74, 6) is -0.458. The summed E-state index contributed by atoms with van der Waals surface area (Å²) in [5, 5.41) is 3.35. The van der Waals surface area contributed by atoms with Crippen molar-refractivity contribution < 1.29 is 63.3 Å². The van der Waals surface area contributed by atoms with Crippen molar-refractivity contribution in [2.75, 3.05) is 5.32 Å². The van der Waals surface area contributed by atoms with Gasteiger partial charge in [0.05, 0.1) is 11.1 Å². The molecule has 0 fully saturated rings. The van der Waals surface area contributed by atoms with Crippen molar-refractivity contribution in [2.24, 2.45) is 0 Å².